The summed E-state index contributed by atoms with van der Waals surface area (Å²) in [6.45, 7) is 12.1. The Morgan fingerprint density at radius 1 is 1.11 bits per heavy atom. The van der Waals surface area contributed by atoms with E-state index in [1.165, 1.54) is 0 Å². The zero-order valence-corrected chi connectivity index (χ0v) is 28.2. The van der Waals surface area contributed by atoms with Crippen LogP contribution < -0.4 is 5.32 Å². The van der Waals surface area contributed by atoms with Gasteiger partial charge in [0, 0.05) is 79.7 Å². The Balaban J connectivity index is 1.28. The highest BCUT2D eigenvalue weighted by molar-refractivity contribution is 9.10. The fraction of sp³-hybridized carbons (Fsp3) is 0.452. The second-order valence-electron chi connectivity index (χ2n) is 11.9. The Kier molecular flexibility index (Phi) is 8.33. The SMILES string of the molecule is CCS(=O)(=O)N1CC[C@H](Nc2c(Br)cnc3[nH]c(-c4cc(C)n(-c5ccc(C(=O)N6CCN(C)CC6)cc5C)c4C)nc23)C1. The Labute approximate surface area is 266 Å². The molecule has 1 atom stereocenters. The third-order valence-electron chi connectivity index (χ3n) is 8.89. The lowest BCUT2D eigenvalue weighted by Gasteiger charge is -2.32. The van der Waals surface area contributed by atoms with Crippen LogP contribution in [0, 0.1) is 20.8 Å². The van der Waals surface area contributed by atoms with Gasteiger partial charge < -0.3 is 24.7 Å². The number of benzene rings is 1. The van der Waals surface area contributed by atoms with Crippen molar-refractivity contribution in [2.45, 2.75) is 40.2 Å². The van der Waals surface area contributed by atoms with Gasteiger partial charge in [-0.1, -0.05) is 0 Å². The van der Waals surface area contributed by atoms with E-state index in [9.17, 15) is 13.2 Å². The molecule has 0 unspecified atom stereocenters. The van der Waals surface area contributed by atoms with Gasteiger partial charge in [-0.05, 0) is 86.9 Å². The maximum atomic E-state index is 13.2. The van der Waals surface area contributed by atoms with E-state index in [0.29, 0.717) is 42.1 Å². The predicted octanol–water partition coefficient (Wildman–Crippen LogP) is 4.33. The number of pyridine rings is 1. The smallest absolute Gasteiger partial charge is 0.253 e. The molecule has 1 amide bonds. The number of aryl methyl sites for hydroxylation is 2. The molecule has 4 aromatic rings. The van der Waals surface area contributed by atoms with Gasteiger partial charge in [0.05, 0.1) is 15.9 Å². The van der Waals surface area contributed by atoms with Gasteiger partial charge in [0.2, 0.25) is 10.0 Å². The highest BCUT2D eigenvalue weighted by Gasteiger charge is 2.31. The third kappa shape index (κ3) is 5.66. The average molecular weight is 684 g/mol. The van der Waals surface area contributed by atoms with Crippen LogP contribution in [0.1, 0.15) is 40.7 Å². The van der Waals surface area contributed by atoms with Crippen molar-refractivity contribution in [3.05, 3.63) is 57.4 Å². The lowest BCUT2D eigenvalue weighted by Crippen LogP contribution is -2.47. The summed E-state index contributed by atoms with van der Waals surface area (Å²) >= 11 is 3.63. The van der Waals surface area contributed by atoms with E-state index in [1.807, 2.05) is 30.0 Å². The van der Waals surface area contributed by atoms with Crippen molar-refractivity contribution in [1.29, 1.82) is 0 Å². The number of fused-ring (bicyclic) bond motifs is 1. The normalized spacial score (nSPS) is 18.4. The summed E-state index contributed by atoms with van der Waals surface area (Å²) in [6.07, 6.45) is 2.45. The molecule has 0 spiro atoms. The molecule has 6 rings (SSSR count). The van der Waals surface area contributed by atoms with Crippen molar-refractivity contribution in [1.82, 2.24) is 33.6 Å². The summed E-state index contributed by atoms with van der Waals surface area (Å²) < 4.78 is 29.3. The number of halogens is 1. The van der Waals surface area contributed by atoms with E-state index in [-0.39, 0.29) is 17.7 Å². The molecule has 1 aromatic carbocycles. The number of amides is 1. The predicted molar refractivity (Wildman–Crippen MR) is 177 cm³/mol. The first-order valence-corrected chi connectivity index (χ1v) is 17.4. The van der Waals surface area contributed by atoms with Crippen molar-refractivity contribution >= 4 is 48.7 Å². The number of hydrogen-bond donors (Lipinski definition) is 2. The van der Waals surface area contributed by atoms with Gasteiger partial charge in [-0.3, -0.25) is 4.79 Å². The van der Waals surface area contributed by atoms with Gasteiger partial charge >= 0.3 is 0 Å². The highest BCUT2D eigenvalue weighted by Crippen LogP contribution is 2.35. The maximum Gasteiger partial charge on any atom is 0.253 e. The zero-order chi connectivity index (χ0) is 31.3. The van der Waals surface area contributed by atoms with E-state index in [1.54, 1.807) is 17.4 Å². The summed E-state index contributed by atoms with van der Waals surface area (Å²) in [4.78, 5) is 30.3. The molecule has 0 bridgehead atoms. The van der Waals surface area contributed by atoms with Crippen LogP contribution in [0.5, 0.6) is 0 Å². The van der Waals surface area contributed by atoms with E-state index in [4.69, 9.17) is 4.98 Å². The first-order chi connectivity index (χ1) is 21.0. The summed E-state index contributed by atoms with van der Waals surface area (Å²) in [7, 11) is -1.15. The maximum absolute atomic E-state index is 13.2. The Hall–Kier alpha value is -3.26. The van der Waals surface area contributed by atoms with Crippen molar-refractivity contribution in [2.75, 3.05) is 57.4 Å². The number of imidazole rings is 1. The standard InChI is InChI=1S/C31H39BrN8O3S/c1-6-44(42,43)39-10-9-23(18-39)34-27-25(32)17-33-30-28(27)35-29(36-30)24-16-20(3)40(21(24)4)26-8-7-22(15-19(26)2)31(41)38-13-11-37(5)12-14-38/h7-8,15-17,23H,6,9-14,18H2,1-5H3,(H2,33,34,35,36)/t23-/m0/s1. The van der Waals surface area contributed by atoms with Gasteiger partial charge in [-0.25, -0.2) is 18.4 Å². The van der Waals surface area contributed by atoms with E-state index in [2.05, 4.69) is 67.6 Å². The minimum absolute atomic E-state index is 0.0301. The van der Waals surface area contributed by atoms with Crippen molar-refractivity contribution in [3.63, 3.8) is 0 Å². The van der Waals surface area contributed by atoms with Gasteiger partial charge in [0.15, 0.2) is 5.65 Å². The fourth-order valence-electron chi connectivity index (χ4n) is 6.29. The van der Waals surface area contributed by atoms with Crippen LogP contribution in [-0.2, 0) is 10.0 Å². The van der Waals surface area contributed by atoms with Gasteiger partial charge in [-0.2, -0.15) is 4.31 Å². The topological polar surface area (TPSA) is 119 Å². The number of anilines is 1. The zero-order valence-electron chi connectivity index (χ0n) is 25.8. The Bertz CT molecular complexity index is 1840. The molecule has 44 heavy (non-hydrogen) atoms. The number of carbonyl (C=O) groups is 1. The van der Waals surface area contributed by atoms with Crippen LogP contribution in [0.25, 0.3) is 28.2 Å². The molecule has 2 N–H and O–H groups in total. The minimum Gasteiger partial charge on any atom is -0.378 e. The lowest BCUT2D eigenvalue weighted by atomic mass is 10.1. The van der Waals surface area contributed by atoms with E-state index in [0.717, 1.165) is 64.5 Å². The molecule has 0 aliphatic carbocycles. The molecule has 2 fully saturated rings. The number of nitrogens with zero attached hydrogens (tertiary/aromatic N) is 6. The first kappa shape index (κ1) is 30.8. The van der Waals surface area contributed by atoms with Crippen LogP contribution >= 0.6 is 15.9 Å². The number of rotatable bonds is 7. The molecule has 0 saturated carbocycles. The monoisotopic (exact) mass is 682 g/mol. The van der Waals surface area contributed by atoms with Crippen LogP contribution in [0.15, 0.2) is 34.9 Å². The number of likely N-dealkylation sites (N-methyl/N-ethyl adjacent to an activating group) is 1. The first-order valence-electron chi connectivity index (χ1n) is 15.0. The van der Waals surface area contributed by atoms with Crippen LogP contribution in [-0.4, -0.2) is 106 Å². The number of carbonyl (C=O) groups excluding carboxylic acids is 1. The van der Waals surface area contributed by atoms with Gasteiger partial charge in [-0.15, -0.1) is 0 Å². The number of H-pyrrole nitrogens is 1. The van der Waals surface area contributed by atoms with Crippen molar-refractivity contribution in [2.24, 2.45) is 0 Å². The van der Waals surface area contributed by atoms with Gasteiger partial charge in [0.25, 0.3) is 5.91 Å². The molecule has 2 aliphatic heterocycles. The molecule has 5 heterocycles. The number of aromatic nitrogens is 4. The van der Waals surface area contributed by atoms with E-state index >= 15 is 0 Å². The molecule has 2 saturated heterocycles. The lowest BCUT2D eigenvalue weighted by molar-refractivity contribution is 0.0664. The number of aromatic amines is 1. The molecule has 2 aliphatic rings. The summed E-state index contributed by atoms with van der Waals surface area (Å²) in [5.74, 6) is 0.883. The fourth-order valence-corrected chi connectivity index (χ4v) is 7.85. The number of nitrogens with one attached hydrogen (secondary N) is 2. The molecular weight excluding hydrogens is 644 g/mol. The average Bonchev–Trinajstić information content (AvgIpc) is 3.72. The third-order valence-corrected chi connectivity index (χ3v) is 11.3. The van der Waals surface area contributed by atoms with Crippen molar-refractivity contribution in [3.8, 4) is 17.1 Å². The number of sulfonamides is 1. The van der Waals surface area contributed by atoms with E-state index < -0.39 is 10.0 Å². The quantitative estimate of drug-likeness (QED) is 0.298. The summed E-state index contributed by atoms with van der Waals surface area (Å²) in [5, 5.41) is 3.53. The largest absolute Gasteiger partial charge is 0.378 e. The second kappa shape index (κ2) is 11.9. The molecule has 11 nitrogen and oxygen atoms in total. The molecule has 3 aromatic heterocycles. The van der Waals surface area contributed by atoms with Crippen molar-refractivity contribution < 1.29 is 13.2 Å². The Morgan fingerprint density at radius 3 is 2.57 bits per heavy atom. The highest BCUT2D eigenvalue weighted by atomic mass is 79.9. The van der Waals surface area contributed by atoms with Crippen LogP contribution in [0.2, 0.25) is 0 Å². The summed E-state index contributed by atoms with van der Waals surface area (Å²) in [6, 6.07) is 8.04. The number of piperazine rings is 1. The van der Waals surface area contributed by atoms with Crippen LogP contribution in [0.3, 0.4) is 0 Å². The second-order valence-corrected chi connectivity index (χ2v) is 15.0. The molecular formula is C31H39BrN8O3S. The molecule has 13 heteroatoms. The Morgan fingerprint density at radius 2 is 1.86 bits per heavy atom. The minimum atomic E-state index is -3.23. The van der Waals surface area contributed by atoms with Gasteiger partial charge in [0.1, 0.15) is 11.3 Å². The molecule has 234 valence electrons. The summed E-state index contributed by atoms with van der Waals surface area (Å²) in [5.41, 5.74) is 7.93. The van der Waals surface area contributed by atoms with Crippen LogP contribution in [0.4, 0.5) is 5.69 Å². The number of hydrogen-bond acceptors (Lipinski definition) is 7. The molecule has 0 radical (unpaired) electrons.